The van der Waals surface area contributed by atoms with Crippen molar-refractivity contribution in [3.8, 4) is 5.75 Å². The first kappa shape index (κ1) is 20.2. The lowest BCUT2D eigenvalue weighted by atomic mass is 10.2. The largest absolute Gasteiger partial charge is 0.514 e. The van der Waals surface area contributed by atoms with Crippen molar-refractivity contribution in [2.45, 2.75) is 52.4 Å². The third-order valence-corrected chi connectivity index (χ3v) is 2.86. The van der Waals surface area contributed by atoms with E-state index in [9.17, 15) is 19.7 Å². The fraction of sp³-hybridized carbons (Fsp3) is 0.500. The van der Waals surface area contributed by atoms with E-state index in [0.717, 1.165) is 0 Å². The first-order valence-electron chi connectivity index (χ1n) is 7.50. The lowest BCUT2D eigenvalue weighted by Gasteiger charge is -2.23. The molecule has 2 atom stereocenters. The van der Waals surface area contributed by atoms with Gasteiger partial charge in [0.1, 0.15) is 23.6 Å². The summed E-state index contributed by atoms with van der Waals surface area (Å²) in [5.74, 6) is 0.0866. The number of nitro groups is 1. The molecule has 0 unspecified atom stereocenters. The zero-order valence-corrected chi connectivity index (χ0v) is 14.7. The van der Waals surface area contributed by atoms with Crippen molar-refractivity contribution >= 4 is 18.0 Å². The normalized spacial score (nSPS) is 13.3. The average molecular weight is 355 g/mol. The van der Waals surface area contributed by atoms with Crippen molar-refractivity contribution in [3.63, 3.8) is 0 Å². The van der Waals surface area contributed by atoms with E-state index >= 15 is 0 Å². The predicted molar refractivity (Wildman–Crippen MR) is 86.4 cm³/mol. The molecule has 0 heterocycles. The van der Waals surface area contributed by atoms with E-state index in [-0.39, 0.29) is 11.4 Å². The molecule has 0 N–H and O–H groups in total. The molecule has 25 heavy (non-hydrogen) atoms. The van der Waals surface area contributed by atoms with Crippen LogP contribution in [0.25, 0.3) is 0 Å². The maximum absolute atomic E-state index is 11.7. The predicted octanol–water partition coefficient (Wildman–Crippen LogP) is 3.84. The van der Waals surface area contributed by atoms with Gasteiger partial charge in [-0.1, -0.05) is 0 Å². The Morgan fingerprint density at radius 1 is 1.00 bits per heavy atom. The second-order valence-electron chi connectivity index (χ2n) is 6.21. The van der Waals surface area contributed by atoms with Gasteiger partial charge in [-0.05, 0) is 46.8 Å². The van der Waals surface area contributed by atoms with Gasteiger partial charge in [-0.15, -0.1) is 0 Å². The summed E-state index contributed by atoms with van der Waals surface area (Å²) in [4.78, 5) is 33.3. The number of benzene rings is 1. The van der Waals surface area contributed by atoms with E-state index in [1.54, 1.807) is 20.8 Å². The van der Waals surface area contributed by atoms with E-state index in [1.165, 1.54) is 38.1 Å². The van der Waals surface area contributed by atoms with Crippen molar-refractivity contribution in [1.29, 1.82) is 0 Å². The van der Waals surface area contributed by atoms with Crippen molar-refractivity contribution in [1.82, 2.24) is 0 Å². The number of non-ortho nitro benzene ring substituents is 1. The van der Waals surface area contributed by atoms with Crippen molar-refractivity contribution in [2.75, 3.05) is 0 Å². The maximum atomic E-state index is 11.7. The van der Waals surface area contributed by atoms with Crippen molar-refractivity contribution in [2.24, 2.45) is 0 Å². The van der Waals surface area contributed by atoms with E-state index in [2.05, 4.69) is 0 Å². The van der Waals surface area contributed by atoms with Gasteiger partial charge in [-0.25, -0.2) is 9.59 Å². The molecule has 1 aromatic carbocycles. The maximum Gasteiger partial charge on any atom is 0.514 e. The Morgan fingerprint density at radius 2 is 1.48 bits per heavy atom. The van der Waals surface area contributed by atoms with Crippen LogP contribution in [-0.4, -0.2) is 35.0 Å². The molecular weight excluding hydrogens is 334 g/mol. The summed E-state index contributed by atoms with van der Waals surface area (Å²) in [6.07, 6.45) is -3.46. The molecule has 138 valence electrons. The van der Waals surface area contributed by atoms with E-state index in [0.29, 0.717) is 0 Å². The molecule has 1 aromatic rings. The van der Waals surface area contributed by atoms with Crippen LogP contribution >= 0.6 is 0 Å². The zero-order chi connectivity index (χ0) is 19.2. The van der Waals surface area contributed by atoms with Crippen LogP contribution in [-0.2, 0) is 14.2 Å². The Hall–Kier alpha value is -2.84. The van der Waals surface area contributed by atoms with E-state index < -0.39 is 35.0 Å². The molecule has 0 aliphatic rings. The lowest BCUT2D eigenvalue weighted by Crippen LogP contribution is -2.34. The van der Waals surface area contributed by atoms with Gasteiger partial charge >= 0.3 is 12.3 Å². The summed E-state index contributed by atoms with van der Waals surface area (Å²) in [6.45, 7) is 8.14. The van der Waals surface area contributed by atoms with Crippen LogP contribution in [0.1, 0.15) is 34.6 Å². The number of hydrogen-bond donors (Lipinski definition) is 0. The highest BCUT2D eigenvalue weighted by Crippen LogP contribution is 2.18. The molecule has 1 rings (SSSR count). The quantitative estimate of drug-likeness (QED) is 0.339. The minimum Gasteiger partial charge on any atom is -0.429 e. The second kappa shape index (κ2) is 8.32. The Bertz CT molecular complexity index is 620. The molecule has 0 aromatic heterocycles. The zero-order valence-electron chi connectivity index (χ0n) is 14.7. The molecule has 0 saturated carbocycles. The monoisotopic (exact) mass is 355 g/mol. The number of nitro benzene ring substituents is 1. The van der Waals surface area contributed by atoms with Gasteiger partial charge in [0.2, 0.25) is 0 Å². The SMILES string of the molecule is C[C@H](OC(=O)Oc1ccc([N+](=O)[O-])cc1)[C@H](C)OC(=O)OC(C)(C)C. The van der Waals surface area contributed by atoms with E-state index in [4.69, 9.17) is 18.9 Å². The molecule has 0 fully saturated rings. The van der Waals surface area contributed by atoms with Crippen LogP contribution in [0.3, 0.4) is 0 Å². The van der Waals surface area contributed by atoms with Gasteiger partial charge in [-0.2, -0.15) is 0 Å². The summed E-state index contributed by atoms with van der Waals surface area (Å²) in [5, 5.41) is 10.6. The highest BCUT2D eigenvalue weighted by molar-refractivity contribution is 5.64. The molecule has 0 aliphatic heterocycles. The number of carbonyl (C=O) groups excluding carboxylic acids is 2. The first-order valence-corrected chi connectivity index (χ1v) is 7.50. The molecule has 0 aliphatic carbocycles. The Labute approximate surface area is 145 Å². The first-order chi connectivity index (χ1) is 11.5. The lowest BCUT2D eigenvalue weighted by molar-refractivity contribution is -0.384. The second-order valence-corrected chi connectivity index (χ2v) is 6.21. The standard InChI is InChI=1S/C16H21NO8/c1-10(11(2)23-15(19)25-16(3,4)5)22-14(18)24-13-8-6-12(7-9-13)17(20)21/h6-11H,1-5H3/t10-,11-/m0/s1. The summed E-state index contributed by atoms with van der Waals surface area (Å²) in [7, 11) is 0. The van der Waals surface area contributed by atoms with Gasteiger partial charge in [0.25, 0.3) is 5.69 Å². The van der Waals surface area contributed by atoms with Crippen LogP contribution in [0.4, 0.5) is 15.3 Å². The van der Waals surface area contributed by atoms with Gasteiger partial charge in [0, 0.05) is 12.1 Å². The average Bonchev–Trinajstić information content (AvgIpc) is 2.45. The fourth-order valence-corrected chi connectivity index (χ4v) is 1.53. The van der Waals surface area contributed by atoms with Gasteiger partial charge in [0.15, 0.2) is 0 Å². The van der Waals surface area contributed by atoms with Gasteiger partial charge in [-0.3, -0.25) is 10.1 Å². The molecule has 9 nitrogen and oxygen atoms in total. The molecule has 9 heteroatoms. The highest BCUT2D eigenvalue weighted by Gasteiger charge is 2.25. The molecule has 0 amide bonds. The molecule has 0 spiro atoms. The van der Waals surface area contributed by atoms with Crippen LogP contribution in [0.2, 0.25) is 0 Å². The van der Waals surface area contributed by atoms with Crippen LogP contribution in [0.15, 0.2) is 24.3 Å². The van der Waals surface area contributed by atoms with Gasteiger partial charge in [0.05, 0.1) is 4.92 Å². The number of ether oxygens (including phenoxy) is 4. The minimum atomic E-state index is -1.03. The molecule has 0 saturated heterocycles. The summed E-state index contributed by atoms with van der Waals surface area (Å²) in [6, 6.07) is 4.93. The Morgan fingerprint density at radius 3 is 1.92 bits per heavy atom. The topological polar surface area (TPSA) is 114 Å². The van der Waals surface area contributed by atoms with Crippen LogP contribution in [0.5, 0.6) is 5.75 Å². The molecule has 0 radical (unpaired) electrons. The number of rotatable bonds is 5. The number of carbonyl (C=O) groups is 2. The summed E-state index contributed by atoms with van der Waals surface area (Å²) < 4.78 is 19.9. The highest BCUT2D eigenvalue weighted by atomic mass is 16.8. The minimum absolute atomic E-state index is 0.0866. The van der Waals surface area contributed by atoms with E-state index in [1.807, 2.05) is 0 Å². The fourth-order valence-electron chi connectivity index (χ4n) is 1.53. The molecule has 0 bridgehead atoms. The van der Waals surface area contributed by atoms with Crippen molar-refractivity contribution < 1.29 is 33.5 Å². The Kier molecular flexibility index (Phi) is 6.72. The van der Waals surface area contributed by atoms with Crippen molar-refractivity contribution in [3.05, 3.63) is 34.4 Å². The smallest absolute Gasteiger partial charge is 0.429 e. The van der Waals surface area contributed by atoms with Gasteiger partial charge < -0.3 is 18.9 Å². The number of hydrogen-bond acceptors (Lipinski definition) is 8. The van der Waals surface area contributed by atoms with Crippen LogP contribution in [0, 0.1) is 10.1 Å². The summed E-state index contributed by atoms with van der Waals surface area (Å²) >= 11 is 0. The summed E-state index contributed by atoms with van der Waals surface area (Å²) in [5.41, 5.74) is -0.830. The third kappa shape index (κ3) is 7.51. The Balaban J connectivity index is 2.49. The number of nitrogens with zero attached hydrogens (tertiary/aromatic N) is 1. The third-order valence-electron chi connectivity index (χ3n) is 2.86. The molecular formula is C16H21NO8. The van der Waals surface area contributed by atoms with Crippen LogP contribution < -0.4 is 4.74 Å².